The van der Waals surface area contributed by atoms with Gasteiger partial charge < -0.3 is 0 Å². The molecule has 2 heteroatoms. The molecule has 1 aliphatic carbocycles. The van der Waals surface area contributed by atoms with Crippen molar-refractivity contribution in [3.05, 3.63) is 52.3 Å². The largest absolute Gasteiger partial charge is 0.264 e. The molecule has 0 spiro atoms. The molecule has 1 aliphatic rings. The van der Waals surface area contributed by atoms with Crippen LogP contribution in [0.4, 0.5) is 0 Å². The van der Waals surface area contributed by atoms with Crippen molar-refractivity contribution in [1.29, 1.82) is 0 Å². The summed E-state index contributed by atoms with van der Waals surface area (Å²) in [7, 11) is 0. The Morgan fingerprint density at radius 3 is 2.94 bits per heavy atom. The zero-order chi connectivity index (χ0) is 13.2. The molecule has 0 N–H and O–H groups in total. The van der Waals surface area contributed by atoms with Crippen LogP contribution in [0.2, 0.25) is 0 Å². The van der Waals surface area contributed by atoms with E-state index in [4.69, 9.17) is 0 Å². The topological polar surface area (TPSA) is 12.9 Å². The van der Waals surface area contributed by atoms with E-state index in [-0.39, 0.29) is 5.41 Å². The third kappa shape index (κ3) is 2.92. The van der Waals surface area contributed by atoms with Gasteiger partial charge in [-0.05, 0) is 64.2 Å². The maximum absolute atomic E-state index is 4.23. The van der Waals surface area contributed by atoms with Crippen molar-refractivity contribution in [2.45, 2.75) is 39.5 Å². The van der Waals surface area contributed by atoms with Gasteiger partial charge in [0, 0.05) is 16.9 Å². The summed E-state index contributed by atoms with van der Waals surface area (Å²) in [5, 5.41) is 0. The Morgan fingerprint density at radius 2 is 2.28 bits per heavy atom. The minimum atomic E-state index is 0.273. The molecule has 0 radical (unpaired) electrons. The second kappa shape index (κ2) is 5.40. The summed E-state index contributed by atoms with van der Waals surface area (Å²) in [5.41, 5.74) is 4.31. The maximum atomic E-state index is 4.23. The Labute approximate surface area is 118 Å². The Morgan fingerprint density at radius 1 is 1.50 bits per heavy atom. The normalized spacial score (nSPS) is 21.3. The van der Waals surface area contributed by atoms with E-state index in [1.165, 1.54) is 29.6 Å². The fourth-order valence-electron chi connectivity index (χ4n) is 2.69. The number of pyridine rings is 1. The molecule has 1 aromatic heterocycles. The number of aromatic nitrogens is 1. The number of nitrogens with zero attached hydrogens (tertiary/aromatic N) is 1. The zero-order valence-electron chi connectivity index (χ0n) is 11.2. The SMILES string of the molecule is C=C1CCCC(C)(C)/C1=C/Cc1ccncc1Br. The smallest absolute Gasteiger partial charge is 0.0413 e. The highest BCUT2D eigenvalue weighted by atomic mass is 79.9. The van der Waals surface area contributed by atoms with Gasteiger partial charge in [0.2, 0.25) is 0 Å². The molecule has 1 aromatic rings. The minimum absolute atomic E-state index is 0.273. The summed E-state index contributed by atoms with van der Waals surface area (Å²) >= 11 is 3.55. The molecule has 0 amide bonds. The van der Waals surface area contributed by atoms with E-state index < -0.39 is 0 Å². The molecule has 2 rings (SSSR count). The first-order chi connectivity index (χ1) is 8.50. The summed E-state index contributed by atoms with van der Waals surface area (Å²) in [5.74, 6) is 0. The van der Waals surface area contributed by atoms with Crippen LogP contribution in [0.5, 0.6) is 0 Å². The summed E-state index contributed by atoms with van der Waals surface area (Å²) in [6.07, 6.45) is 10.7. The lowest BCUT2D eigenvalue weighted by molar-refractivity contribution is 0.370. The molecule has 1 nitrogen and oxygen atoms in total. The first kappa shape index (κ1) is 13.5. The Balaban J connectivity index is 2.22. The van der Waals surface area contributed by atoms with Crippen LogP contribution in [-0.4, -0.2) is 4.98 Å². The minimum Gasteiger partial charge on any atom is -0.264 e. The molecule has 1 saturated carbocycles. The molecule has 0 bridgehead atoms. The van der Waals surface area contributed by atoms with Gasteiger partial charge >= 0.3 is 0 Å². The maximum Gasteiger partial charge on any atom is 0.0413 e. The second-order valence-corrected chi connectivity index (χ2v) is 6.48. The summed E-state index contributed by atoms with van der Waals surface area (Å²) < 4.78 is 1.08. The van der Waals surface area contributed by atoms with E-state index in [1.54, 1.807) is 0 Å². The van der Waals surface area contributed by atoms with Crippen molar-refractivity contribution >= 4 is 15.9 Å². The Bertz CT molecular complexity index is 486. The van der Waals surface area contributed by atoms with Gasteiger partial charge in [0.15, 0.2) is 0 Å². The van der Waals surface area contributed by atoms with Crippen LogP contribution >= 0.6 is 15.9 Å². The van der Waals surface area contributed by atoms with Crippen molar-refractivity contribution < 1.29 is 0 Å². The lowest BCUT2D eigenvalue weighted by Gasteiger charge is -2.34. The highest BCUT2D eigenvalue weighted by molar-refractivity contribution is 9.10. The van der Waals surface area contributed by atoms with Crippen molar-refractivity contribution in [2.75, 3.05) is 0 Å². The highest BCUT2D eigenvalue weighted by Crippen LogP contribution is 2.42. The zero-order valence-corrected chi connectivity index (χ0v) is 12.8. The first-order valence-electron chi connectivity index (χ1n) is 6.48. The molecular weight excluding hydrogens is 286 g/mol. The summed E-state index contributed by atoms with van der Waals surface area (Å²) in [6, 6.07) is 2.07. The number of hydrogen-bond donors (Lipinski definition) is 0. The van der Waals surface area contributed by atoms with E-state index in [2.05, 4.69) is 53.5 Å². The monoisotopic (exact) mass is 305 g/mol. The number of allylic oxidation sites excluding steroid dienone is 3. The van der Waals surface area contributed by atoms with Gasteiger partial charge in [-0.25, -0.2) is 0 Å². The van der Waals surface area contributed by atoms with Crippen LogP contribution in [0.1, 0.15) is 38.7 Å². The average molecular weight is 306 g/mol. The average Bonchev–Trinajstić information content (AvgIpc) is 2.30. The van der Waals surface area contributed by atoms with E-state index in [0.29, 0.717) is 0 Å². The van der Waals surface area contributed by atoms with E-state index >= 15 is 0 Å². The van der Waals surface area contributed by atoms with Crippen molar-refractivity contribution in [2.24, 2.45) is 5.41 Å². The predicted molar refractivity (Wildman–Crippen MR) is 80.5 cm³/mol. The first-order valence-corrected chi connectivity index (χ1v) is 7.27. The third-order valence-electron chi connectivity index (χ3n) is 3.77. The van der Waals surface area contributed by atoms with Crippen LogP contribution in [0.15, 0.2) is 46.7 Å². The third-order valence-corrected chi connectivity index (χ3v) is 4.49. The molecule has 1 heterocycles. The molecule has 0 saturated heterocycles. The van der Waals surface area contributed by atoms with Gasteiger partial charge in [0.05, 0.1) is 0 Å². The lowest BCUT2D eigenvalue weighted by Crippen LogP contribution is -2.20. The molecular formula is C16H20BrN. The number of halogens is 1. The van der Waals surface area contributed by atoms with E-state index in [0.717, 1.165) is 17.3 Å². The van der Waals surface area contributed by atoms with Gasteiger partial charge in [-0.2, -0.15) is 0 Å². The standard InChI is InChI=1S/C16H20BrN/c1-12-5-4-9-16(2,3)14(12)7-6-13-8-10-18-11-15(13)17/h7-8,10-11H,1,4-6,9H2,2-3H3/b14-7+. The summed E-state index contributed by atoms with van der Waals surface area (Å²) in [6.45, 7) is 8.88. The van der Waals surface area contributed by atoms with E-state index in [1.807, 2.05) is 12.4 Å². The molecule has 0 aromatic carbocycles. The van der Waals surface area contributed by atoms with Crippen molar-refractivity contribution in [3.63, 3.8) is 0 Å². The van der Waals surface area contributed by atoms with Gasteiger partial charge in [-0.15, -0.1) is 0 Å². The molecule has 0 aliphatic heterocycles. The van der Waals surface area contributed by atoms with Crippen molar-refractivity contribution in [3.8, 4) is 0 Å². The van der Waals surface area contributed by atoms with E-state index in [9.17, 15) is 0 Å². The van der Waals surface area contributed by atoms with Gasteiger partial charge in [-0.1, -0.05) is 32.1 Å². The van der Waals surface area contributed by atoms with Gasteiger partial charge in [0.25, 0.3) is 0 Å². The van der Waals surface area contributed by atoms with Crippen LogP contribution in [0.3, 0.4) is 0 Å². The van der Waals surface area contributed by atoms with Gasteiger partial charge in [0.1, 0.15) is 0 Å². The molecule has 1 fully saturated rings. The summed E-state index contributed by atoms with van der Waals surface area (Å²) in [4.78, 5) is 4.10. The highest BCUT2D eigenvalue weighted by Gasteiger charge is 2.28. The number of hydrogen-bond acceptors (Lipinski definition) is 1. The number of rotatable bonds is 2. The molecule has 0 atom stereocenters. The fourth-order valence-corrected chi connectivity index (χ4v) is 3.11. The van der Waals surface area contributed by atoms with Crippen LogP contribution in [0, 0.1) is 5.41 Å². The van der Waals surface area contributed by atoms with Gasteiger partial charge in [-0.3, -0.25) is 4.98 Å². The predicted octanol–water partition coefficient (Wildman–Crippen LogP) is 5.08. The fraction of sp³-hybridized carbons (Fsp3) is 0.438. The molecule has 0 unspecified atom stereocenters. The molecule has 96 valence electrons. The van der Waals surface area contributed by atoms with Crippen LogP contribution < -0.4 is 0 Å². The quantitative estimate of drug-likeness (QED) is 0.742. The lowest BCUT2D eigenvalue weighted by atomic mass is 9.71. The molecule has 18 heavy (non-hydrogen) atoms. The van der Waals surface area contributed by atoms with Crippen LogP contribution in [0.25, 0.3) is 0 Å². The Hall–Kier alpha value is -0.890. The second-order valence-electron chi connectivity index (χ2n) is 5.63. The van der Waals surface area contributed by atoms with Crippen molar-refractivity contribution in [1.82, 2.24) is 4.98 Å². The Kier molecular flexibility index (Phi) is 4.06. The van der Waals surface area contributed by atoms with Crippen LogP contribution in [-0.2, 0) is 6.42 Å².